The summed E-state index contributed by atoms with van der Waals surface area (Å²) in [4.78, 5) is 31.1. The molecular formula is C12H15N3O4. The number of ether oxygens (including phenoxy) is 2. The number of likely N-dealkylation sites (tertiary alicyclic amines) is 1. The quantitative estimate of drug-likeness (QED) is 0.757. The van der Waals surface area contributed by atoms with Gasteiger partial charge in [-0.1, -0.05) is 0 Å². The second-order valence-electron chi connectivity index (χ2n) is 4.70. The van der Waals surface area contributed by atoms with Crippen LogP contribution >= 0.6 is 0 Å². The molecule has 0 atom stereocenters. The highest BCUT2D eigenvalue weighted by Gasteiger charge is 2.40. The van der Waals surface area contributed by atoms with Crippen molar-refractivity contribution < 1.29 is 14.3 Å². The molecule has 7 nitrogen and oxygen atoms in total. The van der Waals surface area contributed by atoms with Gasteiger partial charge in [0.1, 0.15) is 5.69 Å². The van der Waals surface area contributed by atoms with Crippen molar-refractivity contribution in [1.29, 1.82) is 0 Å². The highest BCUT2D eigenvalue weighted by Crippen LogP contribution is 2.31. The van der Waals surface area contributed by atoms with Gasteiger partial charge in [0.25, 0.3) is 11.5 Å². The Kier molecular flexibility index (Phi) is 3.08. The number of rotatable bonds is 1. The molecule has 2 saturated heterocycles. The zero-order chi connectivity index (χ0) is 13.3. The molecule has 0 saturated carbocycles. The van der Waals surface area contributed by atoms with Gasteiger partial charge in [0.05, 0.1) is 19.4 Å². The standard InChI is InChI=1S/C12H15N3O4/c16-10-8-13-9(7-14-10)11(17)15-3-1-12(2-4-15)18-5-6-19-12/h7-8H,1-6H2,(H,14,16). The molecule has 1 aromatic heterocycles. The van der Waals surface area contributed by atoms with E-state index in [0.717, 1.165) is 6.20 Å². The van der Waals surface area contributed by atoms with Crippen LogP contribution in [0.15, 0.2) is 17.2 Å². The lowest BCUT2D eigenvalue weighted by atomic mass is 10.0. The lowest BCUT2D eigenvalue weighted by Crippen LogP contribution is -2.47. The average molecular weight is 265 g/mol. The summed E-state index contributed by atoms with van der Waals surface area (Å²) in [6.07, 6.45) is 3.80. The molecule has 19 heavy (non-hydrogen) atoms. The minimum Gasteiger partial charge on any atom is -0.347 e. The highest BCUT2D eigenvalue weighted by molar-refractivity contribution is 5.92. The van der Waals surface area contributed by atoms with Gasteiger partial charge in [-0.05, 0) is 0 Å². The third kappa shape index (κ3) is 2.39. The maximum atomic E-state index is 12.2. The number of nitrogens with one attached hydrogen (secondary N) is 1. The minimum atomic E-state index is -0.491. The van der Waals surface area contributed by atoms with Crippen LogP contribution in [0, 0.1) is 0 Å². The number of carbonyl (C=O) groups excluding carboxylic acids is 1. The number of aromatic amines is 1. The van der Waals surface area contributed by atoms with E-state index in [1.165, 1.54) is 6.20 Å². The number of hydrogen-bond acceptors (Lipinski definition) is 5. The Morgan fingerprint density at radius 3 is 2.58 bits per heavy atom. The van der Waals surface area contributed by atoms with Crippen molar-refractivity contribution in [1.82, 2.24) is 14.9 Å². The molecule has 0 aliphatic carbocycles. The largest absolute Gasteiger partial charge is 0.347 e. The molecule has 0 radical (unpaired) electrons. The molecule has 1 spiro atoms. The second-order valence-corrected chi connectivity index (χ2v) is 4.70. The van der Waals surface area contributed by atoms with Crippen molar-refractivity contribution in [2.75, 3.05) is 26.3 Å². The summed E-state index contributed by atoms with van der Waals surface area (Å²) >= 11 is 0. The van der Waals surface area contributed by atoms with Crippen LogP contribution in [0.5, 0.6) is 0 Å². The smallest absolute Gasteiger partial charge is 0.273 e. The Balaban J connectivity index is 1.66. The van der Waals surface area contributed by atoms with Crippen LogP contribution in [0.25, 0.3) is 0 Å². The summed E-state index contributed by atoms with van der Waals surface area (Å²) in [7, 11) is 0. The SMILES string of the molecule is O=C(c1c[nH]c(=O)cn1)N1CCC2(CC1)OCCO2. The highest BCUT2D eigenvalue weighted by atomic mass is 16.7. The second kappa shape index (κ2) is 4.75. The van der Waals surface area contributed by atoms with Gasteiger partial charge in [0.15, 0.2) is 5.79 Å². The Bertz CT molecular complexity index is 506. The summed E-state index contributed by atoms with van der Waals surface area (Å²) in [5.41, 5.74) is -0.0642. The number of carbonyl (C=O) groups is 1. The van der Waals surface area contributed by atoms with Crippen LogP contribution in [0.1, 0.15) is 23.3 Å². The number of H-pyrrole nitrogens is 1. The van der Waals surface area contributed by atoms with E-state index in [9.17, 15) is 9.59 Å². The summed E-state index contributed by atoms with van der Waals surface area (Å²) in [6.45, 7) is 2.38. The topological polar surface area (TPSA) is 84.5 Å². The molecule has 3 rings (SSSR count). The van der Waals surface area contributed by atoms with Gasteiger partial charge in [0, 0.05) is 32.1 Å². The van der Waals surface area contributed by atoms with Crippen LogP contribution in [0.3, 0.4) is 0 Å². The molecule has 0 bridgehead atoms. The van der Waals surface area contributed by atoms with E-state index in [-0.39, 0.29) is 17.2 Å². The van der Waals surface area contributed by atoms with Crippen LogP contribution in [0.4, 0.5) is 0 Å². The fourth-order valence-corrected chi connectivity index (χ4v) is 2.46. The van der Waals surface area contributed by atoms with Crippen LogP contribution in [-0.2, 0) is 9.47 Å². The van der Waals surface area contributed by atoms with E-state index >= 15 is 0 Å². The first-order valence-corrected chi connectivity index (χ1v) is 6.30. The van der Waals surface area contributed by atoms with Crippen LogP contribution < -0.4 is 5.56 Å². The molecule has 0 aromatic carbocycles. The summed E-state index contributed by atoms with van der Waals surface area (Å²) in [5.74, 6) is -0.668. The third-order valence-corrected chi connectivity index (χ3v) is 3.52. The molecule has 7 heteroatoms. The summed E-state index contributed by atoms with van der Waals surface area (Å²) < 4.78 is 11.2. The number of aromatic nitrogens is 2. The van der Waals surface area contributed by atoms with Crippen molar-refractivity contribution in [3.63, 3.8) is 0 Å². The van der Waals surface area contributed by atoms with Gasteiger partial charge in [0.2, 0.25) is 0 Å². The molecule has 1 N–H and O–H groups in total. The molecule has 0 unspecified atom stereocenters. The van der Waals surface area contributed by atoms with Gasteiger partial charge in [-0.25, -0.2) is 4.98 Å². The van der Waals surface area contributed by atoms with E-state index in [4.69, 9.17) is 9.47 Å². The number of amides is 1. The third-order valence-electron chi connectivity index (χ3n) is 3.52. The van der Waals surface area contributed by atoms with Gasteiger partial charge in [-0.2, -0.15) is 0 Å². The summed E-state index contributed by atoms with van der Waals surface area (Å²) in [5, 5.41) is 0. The van der Waals surface area contributed by atoms with E-state index in [1.807, 2.05) is 0 Å². The zero-order valence-corrected chi connectivity index (χ0v) is 10.4. The van der Waals surface area contributed by atoms with Crippen molar-refractivity contribution in [3.8, 4) is 0 Å². The monoisotopic (exact) mass is 265 g/mol. The number of piperidine rings is 1. The van der Waals surface area contributed by atoms with E-state index in [0.29, 0.717) is 39.1 Å². The molecule has 2 aliphatic rings. The fraction of sp³-hybridized carbons (Fsp3) is 0.583. The Labute approximate surface area is 109 Å². The van der Waals surface area contributed by atoms with Crippen molar-refractivity contribution in [3.05, 3.63) is 28.4 Å². The zero-order valence-electron chi connectivity index (χ0n) is 10.4. The fourth-order valence-electron chi connectivity index (χ4n) is 2.46. The van der Waals surface area contributed by atoms with Crippen molar-refractivity contribution in [2.24, 2.45) is 0 Å². The van der Waals surface area contributed by atoms with Gasteiger partial charge < -0.3 is 19.4 Å². The number of hydrogen-bond donors (Lipinski definition) is 1. The lowest BCUT2D eigenvalue weighted by molar-refractivity contribution is -0.181. The first-order valence-electron chi connectivity index (χ1n) is 6.30. The maximum absolute atomic E-state index is 12.2. The average Bonchev–Trinajstić information content (AvgIpc) is 2.88. The van der Waals surface area contributed by atoms with E-state index in [1.54, 1.807) is 4.90 Å². The molecule has 1 aromatic rings. The molecule has 2 fully saturated rings. The molecule has 1 amide bonds. The van der Waals surface area contributed by atoms with E-state index in [2.05, 4.69) is 9.97 Å². The Morgan fingerprint density at radius 1 is 1.32 bits per heavy atom. The maximum Gasteiger partial charge on any atom is 0.273 e. The van der Waals surface area contributed by atoms with Crippen molar-refractivity contribution >= 4 is 5.91 Å². The van der Waals surface area contributed by atoms with E-state index < -0.39 is 5.79 Å². The van der Waals surface area contributed by atoms with Gasteiger partial charge >= 0.3 is 0 Å². The lowest BCUT2D eigenvalue weighted by Gasteiger charge is -2.37. The Hall–Kier alpha value is -1.73. The van der Waals surface area contributed by atoms with Crippen LogP contribution in [-0.4, -0.2) is 52.9 Å². The minimum absolute atomic E-state index is 0.177. The van der Waals surface area contributed by atoms with Gasteiger partial charge in [-0.15, -0.1) is 0 Å². The molecule has 2 aliphatic heterocycles. The number of nitrogens with zero attached hydrogens (tertiary/aromatic N) is 2. The first kappa shape index (κ1) is 12.3. The van der Waals surface area contributed by atoms with Gasteiger partial charge in [-0.3, -0.25) is 9.59 Å². The molecular weight excluding hydrogens is 250 g/mol. The first-order chi connectivity index (χ1) is 9.19. The molecule has 102 valence electrons. The molecule has 3 heterocycles. The predicted octanol–water partition coefficient (Wildman–Crippen LogP) is -0.251. The normalized spacial score (nSPS) is 21.8. The Morgan fingerprint density at radius 2 is 2.00 bits per heavy atom. The van der Waals surface area contributed by atoms with Crippen LogP contribution in [0.2, 0.25) is 0 Å². The predicted molar refractivity (Wildman–Crippen MR) is 64.6 cm³/mol. The van der Waals surface area contributed by atoms with Crippen molar-refractivity contribution in [2.45, 2.75) is 18.6 Å². The summed E-state index contributed by atoms with van der Waals surface area (Å²) in [6, 6.07) is 0.